The van der Waals surface area contributed by atoms with Crippen LogP contribution < -0.4 is 5.32 Å². The van der Waals surface area contributed by atoms with Crippen LogP contribution in [0.4, 0.5) is 0 Å². The number of rotatable bonds is 6. The largest absolute Gasteiger partial charge is 0.357 e. The van der Waals surface area contributed by atoms with Gasteiger partial charge in [-0.15, -0.1) is 0 Å². The van der Waals surface area contributed by atoms with Gasteiger partial charge in [-0.2, -0.15) is 0 Å². The van der Waals surface area contributed by atoms with Crippen LogP contribution in [-0.2, 0) is 0 Å². The Hall–Kier alpha value is -0.770. The Balaban J connectivity index is 1.85. The summed E-state index contributed by atoms with van der Waals surface area (Å²) in [5.41, 5.74) is 0. The van der Waals surface area contributed by atoms with Gasteiger partial charge in [-0.05, 0) is 57.0 Å². The average Bonchev–Trinajstić information content (AvgIpc) is 3.12. The Kier molecular flexibility index (Phi) is 7.00. The maximum atomic E-state index is 4.96. The van der Waals surface area contributed by atoms with Gasteiger partial charge in [-0.1, -0.05) is 20.8 Å². The Morgan fingerprint density at radius 3 is 2.55 bits per heavy atom. The molecule has 4 nitrogen and oxygen atoms in total. The average molecular weight is 309 g/mol. The molecule has 2 atom stereocenters. The molecule has 2 aliphatic heterocycles. The van der Waals surface area contributed by atoms with Crippen LogP contribution >= 0.6 is 0 Å². The highest BCUT2D eigenvalue weighted by Gasteiger charge is 2.26. The summed E-state index contributed by atoms with van der Waals surface area (Å²) < 4.78 is 0. The molecule has 1 N–H and O–H groups in total. The van der Waals surface area contributed by atoms with Gasteiger partial charge in [0, 0.05) is 32.7 Å². The summed E-state index contributed by atoms with van der Waals surface area (Å²) in [5.74, 6) is 3.57. The molecule has 0 aromatic carbocycles. The first-order valence-corrected chi connectivity index (χ1v) is 9.37. The monoisotopic (exact) mass is 308 g/mol. The van der Waals surface area contributed by atoms with Crippen molar-refractivity contribution in [2.45, 2.75) is 47.0 Å². The number of likely N-dealkylation sites (tertiary alicyclic amines) is 2. The van der Waals surface area contributed by atoms with Crippen LogP contribution in [0.3, 0.4) is 0 Å². The Morgan fingerprint density at radius 2 is 1.91 bits per heavy atom. The number of aliphatic imine (C=N–C) groups is 1. The number of hydrogen-bond donors (Lipinski definition) is 1. The molecule has 2 rings (SSSR count). The predicted molar refractivity (Wildman–Crippen MR) is 95.3 cm³/mol. The molecular formula is C18H36N4. The molecule has 128 valence electrons. The van der Waals surface area contributed by atoms with E-state index in [0.29, 0.717) is 0 Å². The standard InChI is InChI=1S/C18H36N4/c1-5-19-18(20-12-17-7-9-21(6-2)13-17)22-10-8-16(14-22)11-15(3)4/h15-17H,5-14H2,1-4H3,(H,19,20). The first-order valence-electron chi connectivity index (χ1n) is 9.37. The van der Waals surface area contributed by atoms with Crippen molar-refractivity contribution < 1.29 is 0 Å². The third-order valence-electron chi connectivity index (χ3n) is 5.04. The smallest absolute Gasteiger partial charge is 0.193 e. The van der Waals surface area contributed by atoms with Gasteiger partial charge in [-0.25, -0.2) is 0 Å². The first kappa shape index (κ1) is 17.6. The van der Waals surface area contributed by atoms with E-state index < -0.39 is 0 Å². The van der Waals surface area contributed by atoms with Crippen LogP contribution in [0.15, 0.2) is 4.99 Å². The van der Waals surface area contributed by atoms with E-state index in [0.717, 1.165) is 36.8 Å². The number of nitrogens with one attached hydrogen (secondary N) is 1. The second-order valence-corrected chi connectivity index (χ2v) is 7.47. The van der Waals surface area contributed by atoms with Crippen molar-refractivity contribution >= 4 is 5.96 Å². The molecule has 2 fully saturated rings. The van der Waals surface area contributed by atoms with E-state index in [2.05, 4.69) is 42.8 Å². The zero-order chi connectivity index (χ0) is 15.9. The van der Waals surface area contributed by atoms with Crippen LogP contribution in [0, 0.1) is 17.8 Å². The summed E-state index contributed by atoms with van der Waals surface area (Å²) in [5, 5.41) is 3.51. The van der Waals surface area contributed by atoms with Gasteiger partial charge in [0.25, 0.3) is 0 Å². The molecule has 0 saturated carbocycles. The van der Waals surface area contributed by atoms with Gasteiger partial charge in [-0.3, -0.25) is 4.99 Å². The molecule has 0 spiro atoms. The van der Waals surface area contributed by atoms with E-state index in [1.807, 2.05) is 0 Å². The molecule has 0 aromatic rings. The van der Waals surface area contributed by atoms with Crippen LogP contribution in [0.2, 0.25) is 0 Å². The highest BCUT2D eigenvalue weighted by atomic mass is 15.3. The lowest BCUT2D eigenvalue weighted by Gasteiger charge is -2.22. The third-order valence-corrected chi connectivity index (χ3v) is 5.04. The molecule has 0 amide bonds. The first-order chi connectivity index (χ1) is 10.6. The van der Waals surface area contributed by atoms with Crippen LogP contribution in [-0.4, -0.2) is 61.6 Å². The fourth-order valence-corrected chi connectivity index (χ4v) is 3.87. The van der Waals surface area contributed by atoms with E-state index >= 15 is 0 Å². The Morgan fingerprint density at radius 1 is 1.14 bits per heavy atom. The predicted octanol–water partition coefficient (Wildman–Crippen LogP) is 2.66. The van der Waals surface area contributed by atoms with E-state index in [9.17, 15) is 0 Å². The lowest BCUT2D eigenvalue weighted by Crippen LogP contribution is -2.40. The topological polar surface area (TPSA) is 30.9 Å². The molecule has 0 aromatic heterocycles. The van der Waals surface area contributed by atoms with Crippen molar-refractivity contribution in [2.75, 3.05) is 45.8 Å². The van der Waals surface area contributed by atoms with Crippen molar-refractivity contribution in [1.29, 1.82) is 0 Å². The summed E-state index contributed by atoms with van der Waals surface area (Å²) in [6, 6.07) is 0. The summed E-state index contributed by atoms with van der Waals surface area (Å²) >= 11 is 0. The van der Waals surface area contributed by atoms with Crippen molar-refractivity contribution in [1.82, 2.24) is 15.1 Å². The molecule has 4 heteroatoms. The Bertz CT molecular complexity index is 353. The molecule has 2 unspecified atom stereocenters. The van der Waals surface area contributed by atoms with E-state index in [4.69, 9.17) is 4.99 Å². The number of guanidine groups is 1. The summed E-state index contributed by atoms with van der Waals surface area (Å²) in [6.45, 7) is 17.1. The van der Waals surface area contributed by atoms with E-state index in [1.165, 1.54) is 52.0 Å². The van der Waals surface area contributed by atoms with Crippen LogP contribution in [0.5, 0.6) is 0 Å². The lowest BCUT2D eigenvalue weighted by atomic mass is 9.97. The van der Waals surface area contributed by atoms with Gasteiger partial charge in [0.1, 0.15) is 0 Å². The van der Waals surface area contributed by atoms with Crippen molar-refractivity contribution in [3.05, 3.63) is 0 Å². The minimum Gasteiger partial charge on any atom is -0.357 e. The second-order valence-electron chi connectivity index (χ2n) is 7.47. The molecule has 0 aliphatic carbocycles. The summed E-state index contributed by atoms with van der Waals surface area (Å²) in [7, 11) is 0. The highest BCUT2D eigenvalue weighted by Crippen LogP contribution is 2.23. The SMILES string of the molecule is CCNC(=NCC1CCN(CC)C1)N1CCC(CC(C)C)C1. The second kappa shape index (κ2) is 8.76. The van der Waals surface area contributed by atoms with E-state index in [-0.39, 0.29) is 0 Å². The Labute approximate surface area is 137 Å². The fourth-order valence-electron chi connectivity index (χ4n) is 3.87. The minimum atomic E-state index is 0.752. The molecule has 2 aliphatic rings. The zero-order valence-corrected chi connectivity index (χ0v) is 15.1. The zero-order valence-electron chi connectivity index (χ0n) is 15.1. The normalized spacial score (nSPS) is 27.1. The maximum absolute atomic E-state index is 4.96. The molecule has 2 heterocycles. The molecule has 0 bridgehead atoms. The van der Waals surface area contributed by atoms with Gasteiger partial charge >= 0.3 is 0 Å². The molecule has 2 saturated heterocycles. The number of nitrogens with zero attached hydrogens (tertiary/aromatic N) is 3. The minimum absolute atomic E-state index is 0.752. The summed E-state index contributed by atoms with van der Waals surface area (Å²) in [6.07, 6.45) is 3.99. The highest BCUT2D eigenvalue weighted by molar-refractivity contribution is 5.80. The van der Waals surface area contributed by atoms with Crippen LogP contribution in [0.25, 0.3) is 0 Å². The molecule has 0 radical (unpaired) electrons. The fraction of sp³-hybridized carbons (Fsp3) is 0.944. The quantitative estimate of drug-likeness (QED) is 0.604. The van der Waals surface area contributed by atoms with Gasteiger partial charge in [0.15, 0.2) is 5.96 Å². The van der Waals surface area contributed by atoms with Gasteiger partial charge in [0.2, 0.25) is 0 Å². The molecular weight excluding hydrogens is 272 g/mol. The third kappa shape index (κ3) is 5.15. The maximum Gasteiger partial charge on any atom is 0.193 e. The van der Waals surface area contributed by atoms with Crippen molar-refractivity contribution in [3.8, 4) is 0 Å². The molecule has 22 heavy (non-hydrogen) atoms. The van der Waals surface area contributed by atoms with E-state index in [1.54, 1.807) is 0 Å². The van der Waals surface area contributed by atoms with Gasteiger partial charge in [0.05, 0.1) is 0 Å². The number of hydrogen-bond acceptors (Lipinski definition) is 2. The van der Waals surface area contributed by atoms with Crippen LogP contribution in [0.1, 0.15) is 47.0 Å². The lowest BCUT2D eigenvalue weighted by molar-refractivity contribution is 0.343. The van der Waals surface area contributed by atoms with Crippen molar-refractivity contribution in [2.24, 2.45) is 22.7 Å². The van der Waals surface area contributed by atoms with Gasteiger partial charge < -0.3 is 15.1 Å². The summed E-state index contributed by atoms with van der Waals surface area (Å²) in [4.78, 5) is 10.00. The van der Waals surface area contributed by atoms with Crippen molar-refractivity contribution in [3.63, 3.8) is 0 Å².